The van der Waals surface area contributed by atoms with E-state index in [1.165, 1.54) is 23.1 Å². The van der Waals surface area contributed by atoms with Gasteiger partial charge in [0.25, 0.3) is 5.91 Å². The minimum Gasteiger partial charge on any atom is -0.492 e. The van der Waals surface area contributed by atoms with Gasteiger partial charge in [0.2, 0.25) is 11.0 Å². The molecule has 150 valence electrons. The van der Waals surface area contributed by atoms with Crippen molar-refractivity contribution in [1.82, 2.24) is 10.2 Å². The molecule has 0 unspecified atom stereocenters. The molecule has 2 N–H and O–H groups in total. The van der Waals surface area contributed by atoms with E-state index in [4.69, 9.17) is 4.74 Å². The molecule has 1 aromatic heterocycles. The molecule has 0 bridgehead atoms. The molecule has 0 aliphatic carbocycles. The number of halogens is 1. The summed E-state index contributed by atoms with van der Waals surface area (Å²) in [5.74, 6) is 0.331. The zero-order chi connectivity index (χ0) is 20.6. The second-order valence-corrected chi connectivity index (χ2v) is 8.72. The highest BCUT2D eigenvalue weighted by Crippen LogP contribution is 2.27. The van der Waals surface area contributed by atoms with Crippen molar-refractivity contribution >= 4 is 61.7 Å². The van der Waals surface area contributed by atoms with E-state index in [-0.39, 0.29) is 17.6 Å². The Bertz CT molecular complexity index is 1010. The molecule has 10 heteroatoms. The molecule has 0 atom stereocenters. The van der Waals surface area contributed by atoms with Crippen LogP contribution in [0.1, 0.15) is 17.3 Å². The zero-order valence-corrected chi connectivity index (χ0v) is 18.6. The molecular weight excluding hydrogens is 476 g/mol. The molecule has 7 nitrogen and oxygen atoms in total. The Morgan fingerprint density at radius 2 is 1.97 bits per heavy atom. The average Bonchev–Trinajstić information content (AvgIpc) is 3.15. The van der Waals surface area contributed by atoms with Crippen LogP contribution in [0.25, 0.3) is 0 Å². The van der Waals surface area contributed by atoms with E-state index >= 15 is 0 Å². The van der Waals surface area contributed by atoms with Crippen molar-refractivity contribution in [2.75, 3.05) is 23.0 Å². The first-order chi connectivity index (χ1) is 14.0. The molecule has 0 saturated heterocycles. The monoisotopic (exact) mass is 492 g/mol. The van der Waals surface area contributed by atoms with E-state index in [1.807, 2.05) is 25.1 Å². The number of aromatic nitrogens is 2. The van der Waals surface area contributed by atoms with Crippen molar-refractivity contribution in [3.63, 3.8) is 0 Å². The number of amides is 2. The molecule has 0 saturated carbocycles. The number of ether oxygens (including phenoxy) is 1. The SMILES string of the molecule is CCOc1ccccc1NC(=O)CSc1nnc(NC(=O)c2cccc(Br)c2)s1. The van der Waals surface area contributed by atoms with Gasteiger partial charge in [-0.15, -0.1) is 10.2 Å². The molecule has 29 heavy (non-hydrogen) atoms. The minimum absolute atomic E-state index is 0.161. The van der Waals surface area contributed by atoms with E-state index in [0.29, 0.717) is 33.1 Å². The minimum atomic E-state index is -0.274. The Hall–Kier alpha value is -2.43. The van der Waals surface area contributed by atoms with Gasteiger partial charge in [-0.25, -0.2) is 0 Å². The predicted molar refractivity (Wildman–Crippen MR) is 119 cm³/mol. The number of anilines is 2. The molecule has 0 radical (unpaired) electrons. The fraction of sp³-hybridized carbons (Fsp3) is 0.158. The summed E-state index contributed by atoms with van der Waals surface area (Å²) in [7, 11) is 0. The van der Waals surface area contributed by atoms with Crippen LogP contribution >= 0.6 is 39.0 Å². The smallest absolute Gasteiger partial charge is 0.257 e. The van der Waals surface area contributed by atoms with E-state index in [1.54, 1.807) is 30.3 Å². The molecule has 3 rings (SSSR count). The third kappa shape index (κ3) is 6.28. The molecule has 2 amide bonds. The summed E-state index contributed by atoms with van der Waals surface area (Å²) in [4.78, 5) is 24.5. The molecule has 2 aromatic carbocycles. The van der Waals surface area contributed by atoms with Crippen LogP contribution in [0.15, 0.2) is 57.3 Å². The van der Waals surface area contributed by atoms with E-state index in [0.717, 1.165) is 4.47 Å². The second kappa shape index (κ2) is 10.4. The van der Waals surface area contributed by atoms with Gasteiger partial charge in [-0.05, 0) is 37.3 Å². The fourth-order valence-corrected chi connectivity index (χ4v) is 4.23. The van der Waals surface area contributed by atoms with Crippen LogP contribution in [0.4, 0.5) is 10.8 Å². The van der Waals surface area contributed by atoms with Gasteiger partial charge < -0.3 is 10.1 Å². The third-order valence-electron chi connectivity index (χ3n) is 3.50. The van der Waals surface area contributed by atoms with Crippen LogP contribution in [0.3, 0.4) is 0 Å². The highest BCUT2D eigenvalue weighted by Gasteiger charge is 2.13. The summed E-state index contributed by atoms with van der Waals surface area (Å²) in [6.07, 6.45) is 0. The molecule has 0 spiro atoms. The van der Waals surface area contributed by atoms with E-state index < -0.39 is 0 Å². The van der Waals surface area contributed by atoms with Crippen molar-refractivity contribution in [1.29, 1.82) is 0 Å². The van der Waals surface area contributed by atoms with Gasteiger partial charge in [0.05, 0.1) is 18.0 Å². The standard InChI is InChI=1S/C19H17BrN4O3S2/c1-2-27-15-9-4-3-8-14(15)21-16(25)11-28-19-24-23-18(29-19)22-17(26)12-6-5-7-13(20)10-12/h3-10H,2,11H2,1H3,(H,21,25)(H,22,23,26). The van der Waals surface area contributed by atoms with Crippen LogP contribution in [0, 0.1) is 0 Å². The van der Waals surface area contributed by atoms with Crippen molar-refractivity contribution in [2.24, 2.45) is 0 Å². The van der Waals surface area contributed by atoms with Gasteiger partial charge in [0.1, 0.15) is 5.75 Å². The number of hydrogen-bond donors (Lipinski definition) is 2. The number of para-hydroxylation sites is 2. The maximum Gasteiger partial charge on any atom is 0.257 e. The molecule has 0 aliphatic rings. The molecule has 3 aromatic rings. The topological polar surface area (TPSA) is 93.2 Å². The third-order valence-corrected chi connectivity index (χ3v) is 5.97. The second-order valence-electron chi connectivity index (χ2n) is 5.60. The van der Waals surface area contributed by atoms with E-state index in [2.05, 4.69) is 36.8 Å². The highest BCUT2D eigenvalue weighted by atomic mass is 79.9. The Labute approximate surface area is 184 Å². The fourth-order valence-electron chi connectivity index (χ4n) is 2.28. The Morgan fingerprint density at radius 3 is 2.76 bits per heavy atom. The highest BCUT2D eigenvalue weighted by molar-refractivity contribution is 9.10. The summed E-state index contributed by atoms with van der Waals surface area (Å²) in [5, 5.41) is 13.9. The quantitative estimate of drug-likeness (QED) is 0.350. The number of nitrogens with zero attached hydrogens (tertiary/aromatic N) is 2. The van der Waals surface area contributed by atoms with Crippen molar-refractivity contribution in [3.05, 3.63) is 58.6 Å². The number of carbonyl (C=O) groups is 2. The Kier molecular flexibility index (Phi) is 7.62. The van der Waals surface area contributed by atoms with Crippen LogP contribution in [0.5, 0.6) is 5.75 Å². The lowest BCUT2D eigenvalue weighted by Gasteiger charge is -2.10. The first kappa shape index (κ1) is 21.3. The predicted octanol–water partition coefficient (Wildman–Crippen LogP) is 4.68. The summed E-state index contributed by atoms with van der Waals surface area (Å²) in [6.45, 7) is 2.40. The first-order valence-electron chi connectivity index (χ1n) is 8.60. The van der Waals surface area contributed by atoms with Crippen LogP contribution < -0.4 is 15.4 Å². The summed E-state index contributed by atoms with van der Waals surface area (Å²) >= 11 is 5.79. The Balaban J connectivity index is 1.53. The van der Waals surface area contributed by atoms with Crippen LogP contribution in [-0.2, 0) is 4.79 Å². The van der Waals surface area contributed by atoms with Crippen LogP contribution in [-0.4, -0.2) is 34.4 Å². The summed E-state index contributed by atoms with van der Waals surface area (Å²) < 4.78 is 6.90. The van der Waals surface area contributed by atoms with Crippen molar-refractivity contribution < 1.29 is 14.3 Å². The number of hydrogen-bond acceptors (Lipinski definition) is 7. The van der Waals surface area contributed by atoms with E-state index in [9.17, 15) is 9.59 Å². The summed E-state index contributed by atoms with van der Waals surface area (Å²) in [6, 6.07) is 14.3. The zero-order valence-electron chi connectivity index (χ0n) is 15.3. The lowest BCUT2D eigenvalue weighted by atomic mass is 10.2. The molecule has 0 aliphatic heterocycles. The van der Waals surface area contributed by atoms with Crippen molar-refractivity contribution in [3.8, 4) is 5.75 Å². The van der Waals surface area contributed by atoms with Gasteiger partial charge in [0, 0.05) is 10.0 Å². The van der Waals surface area contributed by atoms with Gasteiger partial charge in [0.15, 0.2) is 4.34 Å². The number of nitrogens with one attached hydrogen (secondary N) is 2. The van der Waals surface area contributed by atoms with Crippen LogP contribution in [0.2, 0.25) is 0 Å². The maximum atomic E-state index is 12.3. The molecule has 1 heterocycles. The number of benzene rings is 2. The van der Waals surface area contributed by atoms with Crippen molar-refractivity contribution in [2.45, 2.75) is 11.3 Å². The number of thioether (sulfide) groups is 1. The first-order valence-corrected chi connectivity index (χ1v) is 11.2. The largest absolute Gasteiger partial charge is 0.492 e. The average molecular weight is 493 g/mol. The van der Waals surface area contributed by atoms with Gasteiger partial charge in [-0.3, -0.25) is 14.9 Å². The van der Waals surface area contributed by atoms with Gasteiger partial charge >= 0.3 is 0 Å². The van der Waals surface area contributed by atoms with Gasteiger partial charge in [-0.1, -0.05) is 57.2 Å². The lowest BCUT2D eigenvalue weighted by molar-refractivity contribution is -0.113. The van der Waals surface area contributed by atoms with Gasteiger partial charge in [-0.2, -0.15) is 0 Å². The number of carbonyl (C=O) groups excluding carboxylic acids is 2. The molecule has 0 fully saturated rings. The lowest BCUT2D eigenvalue weighted by Crippen LogP contribution is -2.14. The molecular formula is C19H17BrN4O3S2. The maximum absolute atomic E-state index is 12.3. The number of rotatable bonds is 8. The Morgan fingerprint density at radius 1 is 1.14 bits per heavy atom. The summed E-state index contributed by atoms with van der Waals surface area (Å²) in [5.41, 5.74) is 1.13. The normalized spacial score (nSPS) is 10.4.